The van der Waals surface area contributed by atoms with Crippen LogP contribution in [0, 0.1) is 17.8 Å². The van der Waals surface area contributed by atoms with Crippen LogP contribution in [0.3, 0.4) is 0 Å². The van der Waals surface area contributed by atoms with E-state index in [0.717, 1.165) is 0 Å². The van der Waals surface area contributed by atoms with Crippen molar-refractivity contribution in [1.29, 1.82) is 0 Å². The van der Waals surface area contributed by atoms with E-state index >= 15 is 0 Å². The van der Waals surface area contributed by atoms with Gasteiger partial charge in [0.2, 0.25) is 5.91 Å². The largest absolute Gasteiger partial charge is 0.481 e. The first-order chi connectivity index (χ1) is 9.77. The molecule has 0 bridgehead atoms. The number of hydrogen-bond donors (Lipinski definition) is 2. The molecule has 0 heterocycles. The molecule has 2 aliphatic carbocycles. The molecule has 0 aromatic carbocycles. The summed E-state index contributed by atoms with van der Waals surface area (Å²) in [4.78, 5) is 22.9. The van der Waals surface area contributed by atoms with Crippen molar-refractivity contribution >= 4 is 11.9 Å². The molecular formula is C14H20F3NO3. The van der Waals surface area contributed by atoms with Crippen molar-refractivity contribution in [3.05, 3.63) is 0 Å². The molecule has 2 atom stereocenters. The van der Waals surface area contributed by atoms with Gasteiger partial charge in [-0.3, -0.25) is 9.59 Å². The van der Waals surface area contributed by atoms with Crippen LogP contribution in [0.1, 0.15) is 44.9 Å². The Morgan fingerprint density at radius 3 is 2.00 bits per heavy atom. The van der Waals surface area contributed by atoms with Crippen LogP contribution in [-0.4, -0.2) is 29.2 Å². The highest BCUT2D eigenvalue weighted by Gasteiger charge is 2.42. The number of carboxylic acids is 1. The van der Waals surface area contributed by atoms with Crippen molar-refractivity contribution in [2.45, 2.75) is 57.2 Å². The third-order valence-corrected chi connectivity index (χ3v) is 4.69. The summed E-state index contributed by atoms with van der Waals surface area (Å²) < 4.78 is 37.7. The Labute approximate surface area is 121 Å². The number of hydrogen-bond acceptors (Lipinski definition) is 2. The minimum atomic E-state index is -4.17. The van der Waals surface area contributed by atoms with E-state index in [1.165, 1.54) is 0 Å². The van der Waals surface area contributed by atoms with Gasteiger partial charge in [0.1, 0.15) is 0 Å². The van der Waals surface area contributed by atoms with Crippen LogP contribution >= 0.6 is 0 Å². The molecule has 2 fully saturated rings. The van der Waals surface area contributed by atoms with Crippen LogP contribution < -0.4 is 5.32 Å². The Balaban J connectivity index is 1.77. The number of halogens is 3. The molecule has 0 spiro atoms. The second-order valence-corrected chi connectivity index (χ2v) is 6.14. The van der Waals surface area contributed by atoms with Crippen LogP contribution in [0.15, 0.2) is 0 Å². The normalized spacial score (nSPS) is 33.7. The van der Waals surface area contributed by atoms with Gasteiger partial charge in [-0.1, -0.05) is 0 Å². The molecule has 2 saturated carbocycles. The van der Waals surface area contributed by atoms with Crippen LogP contribution in [0.4, 0.5) is 13.2 Å². The van der Waals surface area contributed by atoms with Gasteiger partial charge in [0.25, 0.3) is 0 Å². The van der Waals surface area contributed by atoms with Crippen molar-refractivity contribution in [1.82, 2.24) is 5.32 Å². The van der Waals surface area contributed by atoms with Gasteiger partial charge >= 0.3 is 12.1 Å². The summed E-state index contributed by atoms with van der Waals surface area (Å²) in [6.45, 7) is 0. The minimum absolute atomic E-state index is 0.00397. The van der Waals surface area contributed by atoms with E-state index < -0.39 is 24.0 Å². The fraction of sp³-hybridized carbons (Fsp3) is 0.857. The summed E-state index contributed by atoms with van der Waals surface area (Å²) >= 11 is 0. The maximum Gasteiger partial charge on any atom is 0.391 e. The van der Waals surface area contributed by atoms with Crippen molar-refractivity contribution in [3.63, 3.8) is 0 Å². The van der Waals surface area contributed by atoms with Crippen molar-refractivity contribution in [2.75, 3.05) is 0 Å². The first-order valence-electron chi connectivity index (χ1n) is 7.37. The third-order valence-electron chi connectivity index (χ3n) is 4.69. The molecule has 2 rings (SSSR count). The number of carbonyl (C=O) groups is 2. The number of carbonyl (C=O) groups excluding carboxylic acids is 1. The summed E-state index contributed by atoms with van der Waals surface area (Å²) in [5.41, 5.74) is 0. The summed E-state index contributed by atoms with van der Waals surface area (Å²) in [7, 11) is 0. The van der Waals surface area contributed by atoms with Crippen LogP contribution in [-0.2, 0) is 9.59 Å². The fourth-order valence-corrected chi connectivity index (χ4v) is 3.34. The van der Waals surface area contributed by atoms with Gasteiger partial charge in [-0.25, -0.2) is 0 Å². The molecule has 0 aromatic heterocycles. The molecule has 21 heavy (non-hydrogen) atoms. The zero-order valence-corrected chi connectivity index (χ0v) is 11.7. The number of nitrogens with one attached hydrogen (secondary N) is 1. The Hall–Kier alpha value is -1.27. The van der Waals surface area contributed by atoms with Gasteiger partial charge in [0, 0.05) is 12.0 Å². The molecule has 1 amide bonds. The molecule has 0 aliphatic heterocycles. The van der Waals surface area contributed by atoms with Crippen LogP contribution in [0.5, 0.6) is 0 Å². The predicted octanol–water partition coefficient (Wildman–Crippen LogP) is 2.72. The molecule has 0 saturated heterocycles. The summed E-state index contributed by atoms with van der Waals surface area (Å²) in [5.74, 6) is -3.14. The van der Waals surface area contributed by atoms with E-state index in [-0.39, 0.29) is 43.6 Å². The monoisotopic (exact) mass is 307 g/mol. The molecule has 120 valence electrons. The van der Waals surface area contributed by atoms with Crippen molar-refractivity contribution in [2.24, 2.45) is 17.8 Å². The topological polar surface area (TPSA) is 66.4 Å². The molecule has 2 aliphatic rings. The average molecular weight is 307 g/mol. The number of rotatable bonds is 3. The lowest BCUT2D eigenvalue weighted by atomic mass is 9.81. The van der Waals surface area contributed by atoms with E-state index in [9.17, 15) is 22.8 Å². The van der Waals surface area contributed by atoms with Gasteiger partial charge < -0.3 is 10.4 Å². The lowest BCUT2D eigenvalue weighted by molar-refractivity contribution is -0.184. The van der Waals surface area contributed by atoms with E-state index in [1.54, 1.807) is 0 Å². The Kier molecular flexibility index (Phi) is 4.78. The SMILES string of the molecule is O=C(O)C1CCC(NC(=O)C2CCC(C(F)(F)F)CC2)C1. The molecular weight excluding hydrogens is 287 g/mol. The molecule has 2 unspecified atom stereocenters. The second kappa shape index (κ2) is 6.23. The smallest absolute Gasteiger partial charge is 0.391 e. The maximum absolute atomic E-state index is 12.6. The van der Waals surface area contributed by atoms with Crippen LogP contribution in [0.25, 0.3) is 0 Å². The Morgan fingerprint density at radius 2 is 1.52 bits per heavy atom. The van der Waals surface area contributed by atoms with E-state index in [4.69, 9.17) is 5.11 Å². The summed E-state index contributed by atoms with van der Waals surface area (Å²) in [5, 5.41) is 11.7. The molecule has 4 nitrogen and oxygen atoms in total. The molecule has 2 N–H and O–H groups in total. The number of amides is 1. The number of aliphatic carboxylic acids is 1. The Bertz CT molecular complexity index is 403. The van der Waals surface area contributed by atoms with Gasteiger partial charge in [-0.05, 0) is 44.9 Å². The van der Waals surface area contributed by atoms with Gasteiger partial charge in [0.15, 0.2) is 0 Å². The van der Waals surface area contributed by atoms with Crippen molar-refractivity contribution < 1.29 is 27.9 Å². The van der Waals surface area contributed by atoms with E-state index in [2.05, 4.69) is 5.32 Å². The summed E-state index contributed by atoms with van der Waals surface area (Å²) in [6.07, 6.45) is -2.06. The second-order valence-electron chi connectivity index (χ2n) is 6.14. The average Bonchev–Trinajstić information content (AvgIpc) is 2.86. The first-order valence-corrected chi connectivity index (χ1v) is 7.37. The van der Waals surface area contributed by atoms with E-state index in [0.29, 0.717) is 19.3 Å². The zero-order valence-electron chi connectivity index (χ0n) is 11.7. The van der Waals surface area contributed by atoms with E-state index in [1.807, 2.05) is 0 Å². The lowest BCUT2D eigenvalue weighted by Crippen LogP contribution is -2.40. The first kappa shape index (κ1) is 16.1. The lowest BCUT2D eigenvalue weighted by Gasteiger charge is -2.29. The standard InChI is InChI=1S/C14H20F3NO3/c15-14(16,17)10-4-1-8(2-5-10)12(19)18-11-6-3-9(7-11)13(20)21/h8-11H,1-7H2,(H,18,19)(H,20,21). The van der Waals surface area contributed by atoms with Gasteiger partial charge in [-0.15, -0.1) is 0 Å². The number of alkyl halides is 3. The van der Waals surface area contributed by atoms with Crippen LogP contribution in [0.2, 0.25) is 0 Å². The molecule has 0 radical (unpaired) electrons. The van der Waals surface area contributed by atoms with Gasteiger partial charge in [-0.2, -0.15) is 13.2 Å². The Morgan fingerprint density at radius 1 is 0.952 bits per heavy atom. The zero-order chi connectivity index (χ0) is 15.6. The summed E-state index contributed by atoms with van der Waals surface area (Å²) in [6, 6.07) is -0.154. The van der Waals surface area contributed by atoms with Gasteiger partial charge in [0.05, 0.1) is 11.8 Å². The highest BCUT2D eigenvalue weighted by molar-refractivity contribution is 5.79. The minimum Gasteiger partial charge on any atom is -0.481 e. The highest BCUT2D eigenvalue weighted by atomic mass is 19.4. The quantitative estimate of drug-likeness (QED) is 0.842. The number of carboxylic acid groups (broad SMARTS) is 1. The third kappa shape index (κ3) is 4.11. The fourth-order valence-electron chi connectivity index (χ4n) is 3.34. The highest BCUT2D eigenvalue weighted by Crippen LogP contribution is 2.39. The predicted molar refractivity (Wildman–Crippen MR) is 68.4 cm³/mol. The maximum atomic E-state index is 12.6. The molecule has 0 aromatic rings. The van der Waals surface area contributed by atoms with Crippen molar-refractivity contribution in [3.8, 4) is 0 Å². The molecule has 7 heteroatoms.